The number of ketones is 1. The molecule has 10 nitrogen and oxygen atoms in total. The Morgan fingerprint density at radius 3 is 2.32 bits per heavy atom. The summed E-state index contributed by atoms with van der Waals surface area (Å²) >= 11 is 0. The summed E-state index contributed by atoms with van der Waals surface area (Å²) in [6.45, 7) is 19.1. The Morgan fingerprint density at radius 1 is 1.10 bits per heavy atom. The van der Waals surface area contributed by atoms with Crippen molar-refractivity contribution in [2.24, 2.45) is 28.1 Å². The Bertz CT molecular complexity index is 1050. The van der Waals surface area contributed by atoms with Gasteiger partial charge in [0, 0.05) is 49.3 Å². The average molecular weight is 578 g/mol. The first-order chi connectivity index (χ1) is 18.9. The molecule has 3 N–H and O–H groups in total. The third-order valence-corrected chi connectivity index (χ3v) is 11.1. The van der Waals surface area contributed by atoms with Gasteiger partial charge in [0.1, 0.15) is 23.5 Å². The van der Waals surface area contributed by atoms with E-state index in [2.05, 4.69) is 12.0 Å². The minimum atomic E-state index is -1.08. The van der Waals surface area contributed by atoms with E-state index in [1.54, 1.807) is 11.0 Å². The van der Waals surface area contributed by atoms with E-state index in [4.69, 9.17) is 9.47 Å². The first kappa shape index (κ1) is 31.9. The molecule has 4 rings (SSSR count). The fourth-order valence-electron chi connectivity index (χ4n) is 8.31. The lowest BCUT2D eigenvalue weighted by molar-refractivity contribution is -0.252. The molecule has 0 aromatic carbocycles. The van der Waals surface area contributed by atoms with Crippen LogP contribution in [0.3, 0.4) is 0 Å². The number of ether oxygens (including phenoxy) is 2. The van der Waals surface area contributed by atoms with Gasteiger partial charge in [0.2, 0.25) is 0 Å². The Hall–Kier alpha value is -2.01. The molecule has 1 heterocycles. The van der Waals surface area contributed by atoms with Crippen LogP contribution in [0.25, 0.3) is 0 Å². The molecule has 232 valence electrons. The third kappa shape index (κ3) is 5.45. The molecule has 4 aliphatic rings. The molecule has 8 atom stereocenters. The number of rotatable bonds is 5. The predicted octanol–water partition coefficient (Wildman–Crippen LogP) is 3.07. The Balaban J connectivity index is 1.47. The largest absolute Gasteiger partial charge is 0.458 e. The molecular weight excluding hydrogens is 526 g/mol. The number of aliphatic hydroxyl groups is 2. The zero-order valence-corrected chi connectivity index (χ0v) is 26.0. The summed E-state index contributed by atoms with van der Waals surface area (Å²) in [5, 5.41) is 25.3. The zero-order chi connectivity index (χ0) is 30.6. The molecule has 4 fully saturated rings. The van der Waals surface area contributed by atoms with Gasteiger partial charge in [-0.1, -0.05) is 26.8 Å². The molecule has 0 aromatic rings. The molecule has 0 radical (unpaired) electrons. The second kappa shape index (κ2) is 10.9. The summed E-state index contributed by atoms with van der Waals surface area (Å²) in [6.07, 6.45) is 2.02. The molecule has 1 aliphatic heterocycles. The number of nitrogens with zero attached hydrogens (tertiary/aromatic N) is 2. The number of carbonyl (C=O) groups is 3. The minimum Gasteiger partial charge on any atom is -0.458 e. The van der Waals surface area contributed by atoms with Gasteiger partial charge in [-0.2, -0.15) is 0 Å². The summed E-state index contributed by atoms with van der Waals surface area (Å²) in [6, 6.07) is 0. The van der Waals surface area contributed by atoms with Crippen molar-refractivity contribution in [1.29, 1.82) is 0 Å². The van der Waals surface area contributed by atoms with E-state index in [0.717, 1.165) is 0 Å². The van der Waals surface area contributed by atoms with E-state index in [9.17, 15) is 24.6 Å². The van der Waals surface area contributed by atoms with Gasteiger partial charge < -0.3 is 24.6 Å². The zero-order valence-electron chi connectivity index (χ0n) is 26.0. The number of hydrogen-bond donors (Lipinski definition) is 3. The van der Waals surface area contributed by atoms with E-state index in [-0.39, 0.29) is 30.8 Å². The maximum Gasteiger partial charge on any atom is 0.410 e. The molecule has 3 saturated carbocycles. The minimum absolute atomic E-state index is 0.0720. The van der Waals surface area contributed by atoms with Crippen molar-refractivity contribution in [3.8, 4) is 0 Å². The van der Waals surface area contributed by atoms with Crippen molar-refractivity contribution in [2.75, 3.05) is 32.7 Å². The molecule has 2 bridgehead atoms. The monoisotopic (exact) mass is 577 g/mol. The van der Waals surface area contributed by atoms with Gasteiger partial charge in [-0.25, -0.2) is 15.2 Å². The lowest BCUT2D eigenvalue weighted by Gasteiger charge is -2.64. The number of hydrazine groups is 1. The van der Waals surface area contributed by atoms with Gasteiger partial charge in [-0.05, 0) is 64.7 Å². The number of aliphatic hydroxyl groups excluding tert-OH is 2. The van der Waals surface area contributed by atoms with Gasteiger partial charge in [-0.15, -0.1) is 6.58 Å². The average Bonchev–Trinajstić information content (AvgIpc) is 3.25. The van der Waals surface area contributed by atoms with Crippen LogP contribution in [0.2, 0.25) is 0 Å². The second-order valence-electron chi connectivity index (χ2n) is 14.6. The summed E-state index contributed by atoms with van der Waals surface area (Å²) in [5.74, 6) is -1.09. The molecular formula is C31H51N3O7. The van der Waals surface area contributed by atoms with Crippen molar-refractivity contribution in [2.45, 2.75) is 104 Å². The smallest absolute Gasteiger partial charge is 0.410 e. The highest BCUT2D eigenvalue weighted by atomic mass is 16.6. The maximum atomic E-state index is 13.6. The van der Waals surface area contributed by atoms with Crippen molar-refractivity contribution in [1.82, 2.24) is 15.3 Å². The fourth-order valence-corrected chi connectivity index (χ4v) is 8.31. The first-order valence-electron chi connectivity index (χ1n) is 15.1. The van der Waals surface area contributed by atoms with Crippen LogP contribution in [0.4, 0.5) is 4.79 Å². The van der Waals surface area contributed by atoms with Gasteiger partial charge in [-0.3, -0.25) is 9.59 Å². The number of amides is 1. The molecule has 8 unspecified atom stereocenters. The van der Waals surface area contributed by atoms with Crippen molar-refractivity contribution in [3.63, 3.8) is 0 Å². The van der Waals surface area contributed by atoms with E-state index in [1.807, 2.05) is 53.5 Å². The number of piperazine rings is 1. The number of carbonyl (C=O) groups excluding carboxylic acids is 3. The van der Waals surface area contributed by atoms with E-state index >= 15 is 0 Å². The van der Waals surface area contributed by atoms with Crippen LogP contribution >= 0.6 is 0 Å². The van der Waals surface area contributed by atoms with Gasteiger partial charge in [0.15, 0.2) is 0 Å². The van der Waals surface area contributed by atoms with Gasteiger partial charge >= 0.3 is 12.1 Å². The quantitative estimate of drug-likeness (QED) is 0.334. The highest BCUT2D eigenvalue weighted by Crippen LogP contribution is 2.69. The molecule has 1 amide bonds. The normalized spacial score (nSPS) is 41.7. The van der Waals surface area contributed by atoms with Crippen LogP contribution in [0.5, 0.6) is 0 Å². The van der Waals surface area contributed by atoms with Crippen molar-refractivity contribution < 1.29 is 34.1 Å². The van der Waals surface area contributed by atoms with Gasteiger partial charge in [0.05, 0.1) is 12.2 Å². The Morgan fingerprint density at radius 2 is 1.73 bits per heavy atom. The standard InChI is InChI=1S/C31H51N3O7/c1-9-28(6)18-22(36)30(8)24-21(35)10-11-31(24,20(2)25(28)38)13-12-29(30,7)40-23(37)19-32-34-16-14-33(15-17-34)26(39)41-27(3,4)5/h9,20,22,24-25,32,36,38H,1,10-19H2,2-8H3. The summed E-state index contributed by atoms with van der Waals surface area (Å²) in [7, 11) is 0. The number of hydrogen-bond acceptors (Lipinski definition) is 9. The van der Waals surface area contributed by atoms with Crippen molar-refractivity contribution in [3.05, 3.63) is 12.7 Å². The van der Waals surface area contributed by atoms with Crippen LogP contribution in [0.1, 0.15) is 80.6 Å². The molecule has 0 spiro atoms. The SMILES string of the molecule is C=CC1(C)CC(O)C2(C)C3C(=O)CCC3(CCC2(C)OC(=O)CNN2CCN(C(=O)OC(C)(C)C)CC2)C(C)C1O. The number of Topliss-reactive ketones (excluding diaryl/α,β-unsaturated/α-hetero) is 1. The summed E-state index contributed by atoms with van der Waals surface area (Å²) < 4.78 is 11.7. The Kier molecular flexibility index (Phi) is 8.50. The lowest BCUT2D eigenvalue weighted by Crippen LogP contribution is -2.69. The van der Waals surface area contributed by atoms with E-state index < -0.39 is 51.5 Å². The summed E-state index contributed by atoms with van der Waals surface area (Å²) in [4.78, 5) is 40.9. The molecule has 3 aliphatic carbocycles. The van der Waals surface area contributed by atoms with Gasteiger partial charge in [0.25, 0.3) is 0 Å². The van der Waals surface area contributed by atoms with E-state index in [1.165, 1.54) is 0 Å². The van der Waals surface area contributed by atoms with Crippen LogP contribution in [0, 0.1) is 28.1 Å². The maximum absolute atomic E-state index is 13.6. The molecule has 1 saturated heterocycles. The lowest BCUT2D eigenvalue weighted by atomic mass is 9.42. The fraction of sp³-hybridized carbons (Fsp3) is 0.839. The molecule has 10 heteroatoms. The second-order valence-corrected chi connectivity index (χ2v) is 14.6. The van der Waals surface area contributed by atoms with E-state index in [0.29, 0.717) is 51.9 Å². The van der Waals surface area contributed by atoms with Crippen LogP contribution in [-0.2, 0) is 19.1 Å². The van der Waals surface area contributed by atoms with Crippen molar-refractivity contribution >= 4 is 17.8 Å². The highest BCUT2D eigenvalue weighted by Gasteiger charge is 2.72. The third-order valence-electron chi connectivity index (χ3n) is 11.1. The number of esters is 1. The highest BCUT2D eigenvalue weighted by molar-refractivity contribution is 5.86. The molecule has 41 heavy (non-hydrogen) atoms. The van der Waals surface area contributed by atoms with Crippen LogP contribution < -0.4 is 5.43 Å². The predicted molar refractivity (Wildman–Crippen MR) is 153 cm³/mol. The van der Waals surface area contributed by atoms with Crippen LogP contribution in [0.15, 0.2) is 12.7 Å². The van der Waals surface area contributed by atoms with Crippen LogP contribution in [-0.4, -0.2) is 94.1 Å². The molecule has 0 aromatic heterocycles. The summed E-state index contributed by atoms with van der Waals surface area (Å²) in [5.41, 5.74) is -0.780. The first-order valence-corrected chi connectivity index (χ1v) is 15.1. The number of nitrogens with one attached hydrogen (secondary N) is 1. The Labute approximate surface area is 244 Å². The topological polar surface area (TPSA) is 129 Å².